The Hall–Kier alpha value is -0.590. The summed E-state index contributed by atoms with van der Waals surface area (Å²) in [5, 5.41) is 48.1. The van der Waals surface area contributed by atoms with Crippen LogP contribution < -0.4 is 12.4 Å². The number of alkyl halides is 3. The Kier molecular flexibility index (Phi) is 9.98. The van der Waals surface area contributed by atoms with Crippen LogP contribution in [-0.2, 0) is 28.4 Å². The average Bonchev–Trinajstić information content (AvgIpc) is 2.88. The highest BCUT2D eigenvalue weighted by Gasteiger charge is 2.50. The quantitative estimate of drug-likeness (QED) is 0.266. The molecule has 1 aromatic carbocycles. The molecule has 1 unspecified atom stereocenters. The molecule has 1 heterocycles. The molecule has 162 valence electrons. The first-order valence-electron chi connectivity index (χ1n) is 8.37. The van der Waals surface area contributed by atoms with Crippen LogP contribution in [0.25, 0.3) is 0 Å². The van der Waals surface area contributed by atoms with Crippen molar-refractivity contribution >= 4 is 10.9 Å². The van der Waals surface area contributed by atoms with E-state index < -0.39 is 58.9 Å². The Labute approximate surface area is 169 Å². The van der Waals surface area contributed by atoms with Crippen molar-refractivity contribution in [2.45, 2.75) is 42.4 Å². The van der Waals surface area contributed by atoms with Crippen molar-refractivity contribution in [2.75, 3.05) is 24.7 Å². The largest absolute Gasteiger partial charge is 1.00 e. The van der Waals surface area contributed by atoms with Gasteiger partial charge < -0.3 is 42.7 Å². The number of halogens is 4. The SMILES string of the molecule is OC[C@H](OCc1ccc(C(F)(F)F)cc1)[C@H](O)C[S+]1C[C@@H](O)[C@H](O)[C@H]1CO.[Cl-]. The Morgan fingerprint density at radius 3 is 2.25 bits per heavy atom. The van der Waals surface area contributed by atoms with Gasteiger partial charge in [-0.3, -0.25) is 0 Å². The van der Waals surface area contributed by atoms with Crippen LogP contribution in [0.15, 0.2) is 24.3 Å². The first kappa shape index (κ1) is 25.4. The van der Waals surface area contributed by atoms with Crippen LogP contribution in [0.3, 0.4) is 0 Å². The normalized spacial score (nSPS) is 27.3. The highest BCUT2D eigenvalue weighted by molar-refractivity contribution is 7.97. The Morgan fingerprint density at radius 2 is 1.75 bits per heavy atom. The molecule has 0 saturated carbocycles. The van der Waals surface area contributed by atoms with Crippen LogP contribution in [0.5, 0.6) is 0 Å². The molecular weight excluding hydrogens is 425 g/mol. The molecule has 0 radical (unpaired) electrons. The van der Waals surface area contributed by atoms with Gasteiger partial charge >= 0.3 is 6.18 Å². The van der Waals surface area contributed by atoms with E-state index in [0.29, 0.717) is 5.56 Å². The van der Waals surface area contributed by atoms with Crippen LogP contribution in [0, 0.1) is 0 Å². The minimum absolute atomic E-state index is 0. The zero-order valence-electron chi connectivity index (χ0n) is 14.8. The molecule has 1 aliphatic heterocycles. The lowest BCUT2D eigenvalue weighted by Gasteiger charge is -2.22. The van der Waals surface area contributed by atoms with E-state index in [-0.39, 0.29) is 37.1 Å². The molecular formula is C17H24ClF3O6S. The third-order valence-electron chi connectivity index (χ3n) is 4.51. The van der Waals surface area contributed by atoms with Gasteiger partial charge in [0, 0.05) is 10.9 Å². The second-order valence-corrected chi connectivity index (χ2v) is 8.79. The van der Waals surface area contributed by atoms with E-state index in [1.165, 1.54) is 12.1 Å². The van der Waals surface area contributed by atoms with E-state index in [9.17, 15) is 38.7 Å². The van der Waals surface area contributed by atoms with Crippen molar-refractivity contribution in [1.82, 2.24) is 0 Å². The van der Waals surface area contributed by atoms with E-state index >= 15 is 0 Å². The minimum Gasteiger partial charge on any atom is -1.00 e. The third kappa shape index (κ3) is 6.46. The van der Waals surface area contributed by atoms with Gasteiger partial charge in [0.25, 0.3) is 0 Å². The van der Waals surface area contributed by atoms with E-state index in [1.807, 2.05) is 0 Å². The molecule has 0 amide bonds. The van der Waals surface area contributed by atoms with E-state index in [2.05, 4.69) is 0 Å². The van der Waals surface area contributed by atoms with Crippen LogP contribution in [0.4, 0.5) is 13.2 Å². The number of aliphatic hydroxyl groups is 5. The Balaban J connectivity index is 0.00000392. The van der Waals surface area contributed by atoms with Gasteiger partial charge in [0.15, 0.2) is 5.25 Å². The molecule has 11 heteroatoms. The number of benzene rings is 1. The summed E-state index contributed by atoms with van der Waals surface area (Å²) in [6.07, 6.45) is -8.55. The number of hydrogen-bond donors (Lipinski definition) is 5. The fraction of sp³-hybridized carbons (Fsp3) is 0.647. The molecule has 6 nitrogen and oxygen atoms in total. The van der Waals surface area contributed by atoms with Crippen LogP contribution in [0.2, 0.25) is 0 Å². The van der Waals surface area contributed by atoms with Gasteiger partial charge in [-0.05, 0) is 17.7 Å². The fourth-order valence-electron chi connectivity index (χ4n) is 2.90. The van der Waals surface area contributed by atoms with Gasteiger partial charge in [-0.15, -0.1) is 0 Å². The monoisotopic (exact) mass is 448 g/mol. The Bertz CT molecular complexity index is 591. The van der Waals surface area contributed by atoms with Crippen molar-refractivity contribution in [3.8, 4) is 0 Å². The van der Waals surface area contributed by atoms with Crippen LogP contribution in [-0.4, -0.2) is 79.9 Å². The zero-order chi connectivity index (χ0) is 20.2. The first-order chi connectivity index (χ1) is 12.7. The molecule has 0 aliphatic carbocycles. The Morgan fingerprint density at radius 1 is 1.14 bits per heavy atom. The maximum Gasteiger partial charge on any atom is 0.416 e. The second-order valence-electron chi connectivity index (χ2n) is 6.44. The molecule has 1 fully saturated rings. The van der Waals surface area contributed by atoms with E-state index in [1.54, 1.807) is 0 Å². The summed E-state index contributed by atoms with van der Waals surface area (Å²) >= 11 is 0. The molecule has 1 aliphatic rings. The average molecular weight is 449 g/mol. The summed E-state index contributed by atoms with van der Waals surface area (Å²) < 4.78 is 43.1. The maximum atomic E-state index is 12.6. The number of ether oxygens (including phenoxy) is 1. The van der Waals surface area contributed by atoms with Gasteiger partial charge in [-0.2, -0.15) is 13.2 Å². The topological polar surface area (TPSA) is 110 Å². The summed E-state index contributed by atoms with van der Waals surface area (Å²) in [5.41, 5.74) is -0.323. The lowest BCUT2D eigenvalue weighted by molar-refractivity contribution is -0.137. The summed E-state index contributed by atoms with van der Waals surface area (Å²) in [4.78, 5) is 0. The van der Waals surface area contributed by atoms with Gasteiger partial charge in [0.05, 0.1) is 25.4 Å². The van der Waals surface area contributed by atoms with Gasteiger partial charge in [-0.1, -0.05) is 12.1 Å². The molecule has 6 atom stereocenters. The van der Waals surface area contributed by atoms with Crippen LogP contribution >= 0.6 is 0 Å². The van der Waals surface area contributed by atoms with E-state index in [0.717, 1.165) is 12.1 Å². The lowest BCUT2D eigenvalue weighted by Crippen LogP contribution is -3.00. The lowest BCUT2D eigenvalue weighted by atomic mass is 10.1. The molecule has 0 aromatic heterocycles. The summed E-state index contributed by atoms with van der Waals surface area (Å²) in [6.45, 7) is -0.930. The first-order valence-corrected chi connectivity index (χ1v) is 10.00. The molecule has 0 bridgehead atoms. The number of hydrogen-bond acceptors (Lipinski definition) is 6. The molecule has 1 aromatic rings. The minimum atomic E-state index is -4.43. The fourth-order valence-corrected chi connectivity index (χ4v) is 5.60. The van der Waals surface area contributed by atoms with Crippen LogP contribution in [0.1, 0.15) is 11.1 Å². The summed E-state index contributed by atoms with van der Waals surface area (Å²) in [5.74, 6) is 0.359. The molecule has 1 saturated heterocycles. The third-order valence-corrected chi connectivity index (χ3v) is 7.33. The van der Waals surface area contributed by atoms with Gasteiger partial charge in [0.2, 0.25) is 0 Å². The standard InChI is InChI=1S/C17H24F3O6S.ClH/c18-17(19,20)11-3-1-10(2-4-11)7-26-14(5-21)12(23)8-27-9-13(24)16(25)15(27)6-22;/h1-4,12-16,21-25H,5-9H2;1H/q+1;/p-1/t12-,13-,14+,15-,16+,27?;/m1./s1. The second kappa shape index (κ2) is 11.0. The maximum absolute atomic E-state index is 12.6. The predicted molar refractivity (Wildman–Crippen MR) is 93.1 cm³/mol. The van der Waals surface area contributed by atoms with Crippen molar-refractivity contribution in [2.24, 2.45) is 0 Å². The molecule has 28 heavy (non-hydrogen) atoms. The van der Waals surface area contributed by atoms with E-state index in [4.69, 9.17) is 4.74 Å². The highest BCUT2D eigenvalue weighted by Crippen LogP contribution is 2.29. The summed E-state index contributed by atoms with van der Waals surface area (Å²) in [6, 6.07) is 4.38. The van der Waals surface area contributed by atoms with Crippen molar-refractivity contribution in [3.63, 3.8) is 0 Å². The summed E-state index contributed by atoms with van der Waals surface area (Å²) in [7, 11) is -0.655. The van der Waals surface area contributed by atoms with Crippen molar-refractivity contribution in [1.29, 1.82) is 0 Å². The van der Waals surface area contributed by atoms with Crippen molar-refractivity contribution < 1.29 is 55.8 Å². The smallest absolute Gasteiger partial charge is 0.416 e. The molecule has 0 spiro atoms. The number of rotatable bonds is 8. The van der Waals surface area contributed by atoms with Gasteiger partial charge in [0.1, 0.15) is 35.9 Å². The molecule has 5 N–H and O–H groups in total. The molecule has 2 rings (SSSR count). The van der Waals surface area contributed by atoms with Crippen molar-refractivity contribution in [3.05, 3.63) is 35.4 Å². The highest BCUT2D eigenvalue weighted by atomic mass is 35.5. The zero-order valence-corrected chi connectivity index (χ0v) is 16.4. The number of aliphatic hydroxyl groups excluding tert-OH is 5. The predicted octanol–water partition coefficient (Wildman–Crippen LogP) is -3.34. The van der Waals surface area contributed by atoms with Gasteiger partial charge in [-0.25, -0.2) is 0 Å².